The Balaban J connectivity index is 1.68. The highest BCUT2D eigenvalue weighted by Crippen LogP contribution is 2.28. The maximum Gasteiger partial charge on any atom is 0.250 e. The van der Waals surface area contributed by atoms with E-state index in [1.54, 1.807) is 24.3 Å². The van der Waals surface area contributed by atoms with E-state index in [2.05, 4.69) is 20.6 Å². The number of carbonyl (C=O) groups is 1. The Hall–Kier alpha value is -3.06. The first-order valence-electron chi connectivity index (χ1n) is 8.40. The van der Waals surface area contributed by atoms with E-state index in [9.17, 15) is 9.18 Å². The fourth-order valence-corrected chi connectivity index (χ4v) is 3.49. The molecule has 0 unspecified atom stereocenters. The average molecular weight is 351 g/mol. The van der Waals surface area contributed by atoms with Crippen molar-refractivity contribution in [1.82, 2.24) is 15.3 Å². The number of nitrogens with zero attached hydrogens (tertiary/aromatic N) is 2. The molecule has 2 atom stereocenters. The molecule has 1 fully saturated rings. The van der Waals surface area contributed by atoms with Gasteiger partial charge >= 0.3 is 0 Å². The van der Waals surface area contributed by atoms with Gasteiger partial charge in [-0.15, -0.1) is 0 Å². The zero-order chi connectivity index (χ0) is 18.1. The van der Waals surface area contributed by atoms with E-state index in [4.69, 9.17) is 5.73 Å². The maximum absolute atomic E-state index is 13.6. The molecule has 0 aliphatic carbocycles. The molecule has 6 nitrogen and oxygen atoms in total. The Labute approximate surface area is 149 Å². The van der Waals surface area contributed by atoms with Crippen molar-refractivity contribution in [3.63, 3.8) is 0 Å². The van der Waals surface area contributed by atoms with Crippen LogP contribution in [0, 0.1) is 5.82 Å². The van der Waals surface area contributed by atoms with Gasteiger partial charge in [0.15, 0.2) is 0 Å². The van der Waals surface area contributed by atoms with Crippen LogP contribution in [-0.4, -0.2) is 35.0 Å². The van der Waals surface area contributed by atoms with Gasteiger partial charge < -0.3 is 16.4 Å². The van der Waals surface area contributed by atoms with Crippen molar-refractivity contribution in [2.24, 2.45) is 5.73 Å². The molecule has 2 heterocycles. The highest BCUT2D eigenvalue weighted by atomic mass is 19.1. The van der Waals surface area contributed by atoms with E-state index in [1.807, 2.05) is 12.1 Å². The Morgan fingerprint density at radius 1 is 1.19 bits per heavy atom. The molecule has 1 aliphatic rings. The van der Waals surface area contributed by atoms with Gasteiger partial charge in [-0.25, -0.2) is 14.4 Å². The molecule has 4 rings (SSSR count). The fourth-order valence-electron chi connectivity index (χ4n) is 3.49. The Kier molecular flexibility index (Phi) is 4.22. The molecule has 132 valence electrons. The van der Waals surface area contributed by atoms with Gasteiger partial charge in [-0.2, -0.15) is 0 Å². The SMILES string of the molecule is NC(=O)c1cccc2c(N[C@H]3CNC[C@@H]3c3cccc(F)c3)ncnc12. The average Bonchev–Trinajstić information content (AvgIpc) is 3.09. The van der Waals surface area contributed by atoms with Crippen molar-refractivity contribution in [2.75, 3.05) is 18.4 Å². The smallest absolute Gasteiger partial charge is 0.250 e. The molecule has 4 N–H and O–H groups in total. The molecule has 1 aromatic heterocycles. The first-order valence-corrected chi connectivity index (χ1v) is 8.40. The van der Waals surface area contributed by atoms with Crippen LogP contribution in [0.1, 0.15) is 21.8 Å². The number of rotatable bonds is 4. The van der Waals surface area contributed by atoms with Gasteiger partial charge in [-0.1, -0.05) is 18.2 Å². The summed E-state index contributed by atoms with van der Waals surface area (Å²) in [5.41, 5.74) is 7.25. The van der Waals surface area contributed by atoms with E-state index in [0.717, 1.165) is 24.0 Å². The van der Waals surface area contributed by atoms with Gasteiger partial charge in [0.2, 0.25) is 0 Å². The first-order chi connectivity index (χ1) is 12.6. The van der Waals surface area contributed by atoms with Crippen LogP contribution in [0.25, 0.3) is 10.9 Å². The Morgan fingerprint density at radius 3 is 2.85 bits per heavy atom. The van der Waals surface area contributed by atoms with Gasteiger partial charge in [0.1, 0.15) is 18.0 Å². The second-order valence-electron chi connectivity index (χ2n) is 6.36. The number of benzene rings is 2. The molecule has 26 heavy (non-hydrogen) atoms. The van der Waals surface area contributed by atoms with E-state index in [1.165, 1.54) is 12.4 Å². The van der Waals surface area contributed by atoms with Crippen LogP contribution < -0.4 is 16.4 Å². The maximum atomic E-state index is 13.6. The molecule has 0 saturated carbocycles. The Morgan fingerprint density at radius 2 is 2.04 bits per heavy atom. The fraction of sp³-hybridized carbons (Fsp3) is 0.211. The summed E-state index contributed by atoms with van der Waals surface area (Å²) in [5.74, 6) is -0.0320. The van der Waals surface area contributed by atoms with Gasteiger partial charge in [-0.3, -0.25) is 4.79 Å². The summed E-state index contributed by atoms with van der Waals surface area (Å²) in [5, 5.41) is 7.50. The molecule has 2 aromatic carbocycles. The lowest BCUT2D eigenvalue weighted by Crippen LogP contribution is -2.28. The summed E-state index contributed by atoms with van der Waals surface area (Å²) in [4.78, 5) is 20.2. The van der Waals surface area contributed by atoms with Crippen LogP contribution in [0.2, 0.25) is 0 Å². The van der Waals surface area contributed by atoms with Crippen molar-refractivity contribution < 1.29 is 9.18 Å². The van der Waals surface area contributed by atoms with Crippen LogP contribution in [0.3, 0.4) is 0 Å². The number of nitrogens with one attached hydrogen (secondary N) is 2. The minimum absolute atomic E-state index is 0.0344. The van der Waals surface area contributed by atoms with Gasteiger partial charge in [0.05, 0.1) is 11.1 Å². The van der Waals surface area contributed by atoms with Gasteiger partial charge in [0, 0.05) is 30.4 Å². The minimum atomic E-state index is -0.527. The highest BCUT2D eigenvalue weighted by Gasteiger charge is 2.29. The number of nitrogens with two attached hydrogens (primary N) is 1. The van der Waals surface area contributed by atoms with Crippen LogP contribution >= 0.6 is 0 Å². The number of hydrogen-bond donors (Lipinski definition) is 3. The molecule has 7 heteroatoms. The summed E-state index contributed by atoms with van der Waals surface area (Å²) in [7, 11) is 0. The lowest BCUT2D eigenvalue weighted by molar-refractivity contribution is 0.100. The lowest BCUT2D eigenvalue weighted by Gasteiger charge is -2.21. The zero-order valence-electron chi connectivity index (χ0n) is 13.9. The second-order valence-corrected chi connectivity index (χ2v) is 6.36. The number of para-hydroxylation sites is 1. The largest absolute Gasteiger partial charge is 0.366 e. The van der Waals surface area contributed by atoms with Crippen LogP contribution in [0.15, 0.2) is 48.8 Å². The van der Waals surface area contributed by atoms with Crippen LogP contribution in [0.5, 0.6) is 0 Å². The molecular weight excluding hydrogens is 333 g/mol. The van der Waals surface area contributed by atoms with E-state index >= 15 is 0 Å². The molecule has 0 bridgehead atoms. The third-order valence-corrected chi connectivity index (χ3v) is 4.74. The molecule has 1 saturated heterocycles. The quantitative estimate of drug-likeness (QED) is 0.669. The van der Waals surface area contributed by atoms with E-state index in [-0.39, 0.29) is 17.8 Å². The molecule has 1 aliphatic heterocycles. The summed E-state index contributed by atoms with van der Waals surface area (Å²) < 4.78 is 13.6. The number of primary amides is 1. The molecule has 0 radical (unpaired) electrons. The topological polar surface area (TPSA) is 92.9 Å². The third kappa shape index (κ3) is 2.97. The van der Waals surface area contributed by atoms with Crippen molar-refractivity contribution >= 4 is 22.6 Å². The normalized spacial score (nSPS) is 19.6. The number of carbonyl (C=O) groups excluding carboxylic acids is 1. The minimum Gasteiger partial charge on any atom is -0.366 e. The number of halogens is 1. The molecule has 3 aromatic rings. The first kappa shape index (κ1) is 16.4. The third-order valence-electron chi connectivity index (χ3n) is 4.74. The lowest BCUT2D eigenvalue weighted by atomic mass is 9.94. The van der Waals surface area contributed by atoms with Crippen LogP contribution in [0.4, 0.5) is 10.2 Å². The van der Waals surface area contributed by atoms with Crippen LogP contribution in [-0.2, 0) is 0 Å². The summed E-state index contributed by atoms with van der Waals surface area (Å²) in [6, 6.07) is 11.9. The summed E-state index contributed by atoms with van der Waals surface area (Å²) in [6.07, 6.45) is 1.41. The predicted molar refractivity (Wildman–Crippen MR) is 97.5 cm³/mol. The number of anilines is 1. The number of hydrogen-bond acceptors (Lipinski definition) is 5. The van der Waals surface area contributed by atoms with Crippen molar-refractivity contribution in [3.05, 3.63) is 65.7 Å². The summed E-state index contributed by atoms with van der Waals surface area (Å²) in [6.45, 7) is 1.47. The number of fused-ring (bicyclic) bond motifs is 1. The van der Waals surface area contributed by atoms with Crippen molar-refractivity contribution in [3.8, 4) is 0 Å². The Bertz CT molecular complexity index is 977. The molecule has 0 spiro atoms. The summed E-state index contributed by atoms with van der Waals surface area (Å²) >= 11 is 0. The number of aromatic nitrogens is 2. The molecular formula is C19H18FN5O. The van der Waals surface area contributed by atoms with E-state index < -0.39 is 5.91 Å². The zero-order valence-corrected chi connectivity index (χ0v) is 13.9. The number of amides is 1. The van der Waals surface area contributed by atoms with Gasteiger partial charge in [-0.05, 0) is 29.8 Å². The van der Waals surface area contributed by atoms with Crippen molar-refractivity contribution in [1.29, 1.82) is 0 Å². The second kappa shape index (κ2) is 6.68. The monoisotopic (exact) mass is 351 g/mol. The molecule has 1 amide bonds. The van der Waals surface area contributed by atoms with E-state index in [0.29, 0.717) is 16.9 Å². The predicted octanol–water partition coefficient (Wildman–Crippen LogP) is 2.04. The van der Waals surface area contributed by atoms with Gasteiger partial charge in [0.25, 0.3) is 5.91 Å². The van der Waals surface area contributed by atoms with Crippen molar-refractivity contribution in [2.45, 2.75) is 12.0 Å². The standard InChI is InChI=1S/C19H18FN5O/c20-12-4-1-3-11(7-12)15-8-22-9-16(15)25-19-14-6-2-5-13(18(21)26)17(14)23-10-24-19/h1-7,10,15-16,22H,8-9H2,(H2,21,26)(H,23,24,25)/t15-,16+/m1/s1. The highest BCUT2D eigenvalue weighted by molar-refractivity contribution is 6.06.